The van der Waals surface area contributed by atoms with Gasteiger partial charge in [0.1, 0.15) is 0 Å². The lowest BCUT2D eigenvalue weighted by Crippen LogP contribution is -2.07. The normalized spacial score (nSPS) is 12.1. The van der Waals surface area contributed by atoms with Crippen molar-refractivity contribution >= 4 is 5.69 Å². The van der Waals surface area contributed by atoms with Gasteiger partial charge in [0.2, 0.25) is 0 Å². The molecule has 1 N–H and O–H groups in total. The van der Waals surface area contributed by atoms with Crippen LogP contribution in [0.5, 0.6) is 0 Å². The van der Waals surface area contributed by atoms with Gasteiger partial charge >= 0.3 is 0 Å². The Kier molecular flexibility index (Phi) is 3.25. The van der Waals surface area contributed by atoms with Crippen molar-refractivity contribution in [3.8, 4) is 0 Å². The van der Waals surface area contributed by atoms with Crippen LogP contribution in [0.1, 0.15) is 24.1 Å². The van der Waals surface area contributed by atoms with E-state index in [2.05, 4.69) is 55.6 Å². The Labute approximate surface area is 97.1 Å². The molecular weight excluding hydrogens is 194 g/mol. The van der Waals surface area contributed by atoms with E-state index >= 15 is 0 Å². The van der Waals surface area contributed by atoms with Crippen molar-refractivity contribution in [1.29, 1.82) is 0 Å². The maximum absolute atomic E-state index is 3.50. The van der Waals surface area contributed by atoms with Crippen molar-refractivity contribution in [2.45, 2.75) is 19.9 Å². The minimum Gasteiger partial charge on any atom is -0.379 e. The van der Waals surface area contributed by atoms with E-state index in [0.29, 0.717) is 6.04 Å². The molecule has 0 unspecified atom stereocenters. The summed E-state index contributed by atoms with van der Waals surface area (Å²) in [4.78, 5) is 0. The van der Waals surface area contributed by atoms with Gasteiger partial charge in [-0.3, -0.25) is 0 Å². The van der Waals surface area contributed by atoms with Gasteiger partial charge < -0.3 is 5.32 Å². The first-order valence-corrected chi connectivity index (χ1v) is 5.64. The lowest BCUT2D eigenvalue weighted by molar-refractivity contribution is 0.874. The van der Waals surface area contributed by atoms with Crippen LogP contribution in [0.25, 0.3) is 0 Å². The minimum atomic E-state index is 0.337. The van der Waals surface area contributed by atoms with Crippen molar-refractivity contribution in [1.82, 2.24) is 0 Å². The van der Waals surface area contributed by atoms with Crippen molar-refractivity contribution in [2.24, 2.45) is 0 Å². The average Bonchev–Trinajstić information content (AvgIpc) is 2.31. The quantitative estimate of drug-likeness (QED) is 0.803. The van der Waals surface area contributed by atoms with Crippen LogP contribution in [0.2, 0.25) is 0 Å². The molecular formula is C15H17N. The number of rotatable bonds is 3. The molecule has 0 aliphatic rings. The van der Waals surface area contributed by atoms with Gasteiger partial charge in [0.25, 0.3) is 0 Å². The standard InChI is InChI=1S/C15H17N/c1-12-8-6-7-11-15(12)13(2)16-14-9-4-3-5-10-14/h3-11,13,16H,1-2H3/t13-/m0/s1. The molecule has 0 saturated carbocycles. The fourth-order valence-corrected chi connectivity index (χ4v) is 1.93. The highest BCUT2D eigenvalue weighted by Gasteiger charge is 2.06. The van der Waals surface area contributed by atoms with Crippen molar-refractivity contribution in [3.63, 3.8) is 0 Å². The zero-order valence-corrected chi connectivity index (χ0v) is 9.77. The smallest absolute Gasteiger partial charge is 0.0488 e. The van der Waals surface area contributed by atoms with E-state index in [1.54, 1.807) is 0 Å². The topological polar surface area (TPSA) is 12.0 Å². The molecule has 2 rings (SSSR count). The number of aryl methyl sites for hydroxylation is 1. The van der Waals surface area contributed by atoms with E-state index in [4.69, 9.17) is 0 Å². The molecule has 0 aliphatic carbocycles. The Balaban J connectivity index is 2.15. The van der Waals surface area contributed by atoms with Gasteiger partial charge in [-0.25, -0.2) is 0 Å². The molecule has 0 saturated heterocycles. The molecule has 1 heteroatoms. The maximum Gasteiger partial charge on any atom is 0.0488 e. The Morgan fingerprint density at radius 2 is 1.50 bits per heavy atom. The maximum atomic E-state index is 3.50. The molecule has 1 atom stereocenters. The van der Waals surface area contributed by atoms with E-state index in [1.165, 1.54) is 16.8 Å². The second-order valence-electron chi connectivity index (χ2n) is 4.09. The third-order valence-electron chi connectivity index (χ3n) is 2.81. The lowest BCUT2D eigenvalue weighted by atomic mass is 10.0. The highest BCUT2D eigenvalue weighted by molar-refractivity contribution is 5.45. The summed E-state index contributed by atoms with van der Waals surface area (Å²) >= 11 is 0. The molecule has 0 heterocycles. The van der Waals surface area contributed by atoms with Crippen LogP contribution in [-0.4, -0.2) is 0 Å². The Morgan fingerprint density at radius 1 is 0.875 bits per heavy atom. The fraction of sp³-hybridized carbons (Fsp3) is 0.200. The minimum absolute atomic E-state index is 0.337. The molecule has 82 valence electrons. The third kappa shape index (κ3) is 2.43. The molecule has 0 aliphatic heterocycles. The summed E-state index contributed by atoms with van der Waals surface area (Å²) < 4.78 is 0. The summed E-state index contributed by atoms with van der Waals surface area (Å²) in [6.45, 7) is 4.34. The van der Waals surface area contributed by atoms with E-state index < -0.39 is 0 Å². The first-order valence-electron chi connectivity index (χ1n) is 5.64. The molecule has 16 heavy (non-hydrogen) atoms. The van der Waals surface area contributed by atoms with E-state index in [9.17, 15) is 0 Å². The SMILES string of the molecule is Cc1ccccc1[C@H](C)Nc1ccccc1. The Morgan fingerprint density at radius 3 is 2.19 bits per heavy atom. The molecule has 0 fully saturated rings. The monoisotopic (exact) mass is 211 g/mol. The Hall–Kier alpha value is -1.76. The van der Waals surface area contributed by atoms with Crippen molar-refractivity contribution < 1.29 is 0 Å². The van der Waals surface area contributed by atoms with E-state index in [-0.39, 0.29) is 0 Å². The fourth-order valence-electron chi connectivity index (χ4n) is 1.93. The van der Waals surface area contributed by atoms with Crippen LogP contribution in [0.4, 0.5) is 5.69 Å². The van der Waals surface area contributed by atoms with Crippen LogP contribution in [0.15, 0.2) is 54.6 Å². The third-order valence-corrected chi connectivity index (χ3v) is 2.81. The molecule has 2 aromatic rings. The largest absolute Gasteiger partial charge is 0.379 e. The number of anilines is 1. The van der Waals surface area contributed by atoms with Gasteiger partial charge in [0, 0.05) is 11.7 Å². The molecule has 2 aromatic carbocycles. The predicted molar refractivity (Wildman–Crippen MR) is 69.7 cm³/mol. The number of hydrogen-bond donors (Lipinski definition) is 1. The average molecular weight is 211 g/mol. The summed E-state index contributed by atoms with van der Waals surface area (Å²) in [5.41, 5.74) is 3.85. The van der Waals surface area contributed by atoms with Crippen LogP contribution < -0.4 is 5.32 Å². The summed E-state index contributed by atoms with van der Waals surface area (Å²) in [6, 6.07) is 19.1. The lowest BCUT2D eigenvalue weighted by Gasteiger charge is -2.17. The summed E-state index contributed by atoms with van der Waals surface area (Å²) in [5.74, 6) is 0. The summed E-state index contributed by atoms with van der Waals surface area (Å²) in [5, 5.41) is 3.50. The summed E-state index contributed by atoms with van der Waals surface area (Å²) in [7, 11) is 0. The van der Waals surface area contributed by atoms with E-state index in [1.807, 2.05) is 18.2 Å². The number of para-hydroxylation sites is 1. The highest BCUT2D eigenvalue weighted by Crippen LogP contribution is 2.21. The zero-order chi connectivity index (χ0) is 11.4. The molecule has 0 bridgehead atoms. The van der Waals surface area contributed by atoms with Crippen molar-refractivity contribution in [2.75, 3.05) is 5.32 Å². The first kappa shape index (κ1) is 10.7. The number of nitrogens with one attached hydrogen (secondary N) is 1. The van der Waals surface area contributed by atoms with E-state index in [0.717, 1.165) is 0 Å². The number of hydrogen-bond acceptors (Lipinski definition) is 1. The molecule has 0 aromatic heterocycles. The van der Waals surface area contributed by atoms with Gasteiger partial charge in [0.15, 0.2) is 0 Å². The molecule has 0 spiro atoms. The van der Waals surface area contributed by atoms with Crippen LogP contribution >= 0.6 is 0 Å². The van der Waals surface area contributed by atoms with Gasteiger partial charge in [-0.1, -0.05) is 42.5 Å². The zero-order valence-electron chi connectivity index (χ0n) is 9.77. The number of benzene rings is 2. The van der Waals surface area contributed by atoms with Gasteiger partial charge in [-0.05, 0) is 37.1 Å². The Bertz CT molecular complexity index is 448. The van der Waals surface area contributed by atoms with Crippen molar-refractivity contribution in [3.05, 3.63) is 65.7 Å². The molecule has 0 radical (unpaired) electrons. The molecule has 1 nitrogen and oxygen atoms in total. The van der Waals surface area contributed by atoms with Crippen LogP contribution in [-0.2, 0) is 0 Å². The van der Waals surface area contributed by atoms with Gasteiger partial charge in [-0.2, -0.15) is 0 Å². The first-order chi connectivity index (χ1) is 7.77. The highest BCUT2D eigenvalue weighted by atomic mass is 14.9. The second-order valence-corrected chi connectivity index (χ2v) is 4.09. The predicted octanol–water partition coefficient (Wildman–Crippen LogP) is 4.17. The van der Waals surface area contributed by atoms with Crippen LogP contribution in [0.3, 0.4) is 0 Å². The van der Waals surface area contributed by atoms with Crippen LogP contribution in [0, 0.1) is 6.92 Å². The van der Waals surface area contributed by atoms with Gasteiger partial charge in [-0.15, -0.1) is 0 Å². The molecule has 0 amide bonds. The second kappa shape index (κ2) is 4.84. The van der Waals surface area contributed by atoms with Gasteiger partial charge in [0.05, 0.1) is 0 Å². The summed E-state index contributed by atoms with van der Waals surface area (Å²) in [6.07, 6.45) is 0.